The van der Waals surface area contributed by atoms with Gasteiger partial charge >= 0.3 is 0 Å². The van der Waals surface area contributed by atoms with E-state index in [2.05, 4.69) is 9.97 Å². The summed E-state index contributed by atoms with van der Waals surface area (Å²) < 4.78 is 47.2. The zero-order valence-corrected chi connectivity index (χ0v) is 16.6. The third kappa shape index (κ3) is 3.01. The van der Waals surface area contributed by atoms with Gasteiger partial charge in [0.15, 0.2) is 23.6 Å². The van der Waals surface area contributed by atoms with Gasteiger partial charge < -0.3 is 23.9 Å². The van der Waals surface area contributed by atoms with E-state index in [9.17, 15) is 13.9 Å². The summed E-state index contributed by atoms with van der Waals surface area (Å²) in [5, 5.41) is 11.8. The van der Waals surface area contributed by atoms with Crippen LogP contribution in [0.25, 0.3) is 11.0 Å². The number of benzene rings is 1. The van der Waals surface area contributed by atoms with Crippen LogP contribution >= 0.6 is 0 Å². The quantitative estimate of drug-likeness (QED) is 0.705. The van der Waals surface area contributed by atoms with Crippen LogP contribution in [-0.4, -0.2) is 43.7 Å². The van der Waals surface area contributed by atoms with Crippen molar-refractivity contribution in [1.29, 1.82) is 0 Å². The molecule has 5 rings (SSSR count). The molecule has 30 heavy (non-hydrogen) atoms. The van der Waals surface area contributed by atoms with Crippen molar-refractivity contribution in [2.75, 3.05) is 0 Å². The summed E-state index contributed by atoms with van der Waals surface area (Å²) in [7, 11) is 0. The molecular formula is C21H21F2N3O4. The van der Waals surface area contributed by atoms with Gasteiger partial charge in [-0.05, 0) is 44.5 Å². The lowest BCUT2D eigenvalue weighted by molar-refractivity contribution is -0.207. The fraction of sp³-hybridized carbons (Fsp3) is 0.429. The number of nitrogens with zero attached hydrogens (tertiary/aromatic N) is 3. The summed E-state index contributed by atoms with van der Waals surface area (Å²) in [6, 6.07) is 5.17. The van der Waals surface area contributed by atoms with Gasteiger partial charge in [-0.25, -0.2) is 18.7 Å². The van der Waals surface area contributed by atoms with Gasteiger partial charge in [-0.3, -0.25) is 0 Å². The van der Waals surface area contributed by atoms with E-state index in [1.807, 2.05) is 23.8 Å². The number of ether oxygens (including phenoxy) is 3. The molecule has 0 bridgehead atoms. The predicted octanol–water partition coefficient (Wildman–Crippen LogP) is 3.17. The normalized spacial score (nSPS) is 28.7. The molecule has 2 aliphatic heterocycles. The number of aromatic nitrogens is 3. The van der Waals surface area contributed by atoms with E-state index < -0.39 is 48.1 Å². The number of aliphatic hydroxyl groups excluding tert-OH is 1. The zero-order chi connectivity index (χ0) is 21.2. The molecule has 9 heteroatoms. The number of fused-ring (bicyclic) bond motifs is 2. The summed E-state index contributed by atoms with van der Waals surface area (Å²) in [5.74, 6) is -2.91. The Morgan fingerprint density at radius 2 is 1.87 bits per heavy atom. The minimum atomic E-state index is -1.24. The Morgan fingerprint density at radius 3 is 2.63 bits per heavy atom. The molecule has 2 aliphatic rings. The fourth-order valence-electron chi connectivity index (χ4n) is 4.27. The molecule has 2 aromatic heterocycles. The maximum absolute atomic E-state index is 13.7. The van der Waals surface area contributed by atoms with Crippen molar-refractivity contribution in [2.45, 2.75) is 57.2 Å². The highest BCUT2D eigenvalue weighted by Crippen LogP contribution is 2.47. The van der Waals surface area contributed by atoms with E-state index in [-0.39, 0.29) is 5.56 Å². The molecule has 158 valence electrons. The molecule has 5 atom stereocenters. The molecule has 3 aromatic rings. The Bertz CT molecular complexity index is 1120. The van der Waals surface area contributed by atoms with Gasteiger partial charge in [0.25, 0.3) is 0 Å². The topological polar surface area (TPSA) is 78.6 Å². The molecule has 0 radical (unpaired) electrons. The third-order valence-corrected chi connectivity index (χ3v) is 5.64. The number of aryl methyl sites for hydroxylation is 1. The largest absolute Gasteiger partial charge is 0.386 e. The van der Waals surface area contributed by atoms with Gasteiger partial charge in [0.1, 0.15) is 36.4 Å². The van der Waals surface area contributed by atoms with Crippen LogP contribution in [-0.2, 0) is 14.2 Å². The molecule has 7 nitrogen and oxygen atoms in total. The second-order valence-corrected chi connectivity index (χ2v) is 8.09. The molecule has 2 fully saturated rings. The Morgan fingerprint density at radius 1 is 1.10 bits per heavy atom. The van der Waals surface area contributed by atoms with Crippen LogP contribution in [0.5, 0.6) is 0 Å². The average Bonchev–Trinajstić information content (AvgIpc) is 3.34. The second-order valence-electron chi connectivity index (χ2n) is 8.09. The van der Waals surface area contributed by atoms with E-state index in [0.29, 0.717) is 5.65 Å². The molecule has 4 heterocycles. The van der Waals surface area contributed by atoms with Crippen LogP contribution in [0.3, 0.4) is 0 Å². The smallest absolute Gasteiger partial charge is 0.164 e. The number of hydrogen-bond acceptors (Lipinski definition) is 6. The molecule has 1 N–H and O–H groups in total. The number of rotatable bonds is 3. The molecule has 0 saturated carbocycles. The summed E-state index contributed by atoms with van der Waals surface area (Å²) in [4.78, 5) is 8.58. The third-order valence-electron chi connectivity index (χ3n) is 5.64. The van der Waals surface area contributed by atoms with Crippen LogP contribution in [0, 0.1) is 18.6 Å². The summed E-state index contributed by atoms with van der Waals surface area (Å²) in [6.07, 6.45) is -0.572. The summed E-state index contributed by atoms with van der Waals surface area (Å²) in [5.41, 5.74) is 1.69. The van der Waals surface area contributed by atoms with Crippen molar-refractivity contribution >= 4 is 11.0 Å². The molecule has 1 aromatic carbocycles. The first-order valence-electron chi connectivity index (χ1n) is 9.67. The van der Waals surface area contributed by atoms with Crippen LogP contribution < -0.4 is 0 Å². The van der Waals surface area contributed by atoms with Crippen molar-refractivity contribution in [3.8, 4) is 0 Å². The zero-order valence-electron chi connectivity index (χ0n) is 16.6. The predicted molar refractivity (Wildman–Crippen MR) is 101 cm³/mol. The first kappa shape index (κ1) is 19.5. The number of hydrogen-bond donors (Lipinski definition) is 1. The SMILES string of the molecule is Cc1ncnc2c1ccn2[C@@H]1O[C@H](C(O)c2ccc(F)c(F)c2)[C@H]2OC(C)(C)O[C@H]21. The summed E-state index contributed by atoms with van der Waals surface area (Å²) in [6.45, 7) is 5.45. The van der Waals surface area contributed by atoms with Gasteiger partial charge in [0.05, 0.1) is 5.69 Å². The minimum absolute atomic E-state index is 0.196. The molecule has 0 spiro atoms. The van der Waals surface area contributed by atoms with Gasteiger partial charge in [-0.1, -0.05) is 6.07 Å². The number of halogens is 2. The van der Waals surface area contributed by atoms with E-state index in [1.165, 1.54) is 12.4 Å². The minimum Gasteiger partial charge on any atom is -0.386 e. The van der Waals surface area contributed by atoms with Gasteiger partial charge in [0.2, 0.25) is 0 Å². The van der Waals surface area contributed by atoms with Gasteiger partial charge in [-0.2, -0.15) is 0 Å². The van der Waals surface area contributed by atoms with Crippen LogP contribution in [0.1, 0.15) is 37.4 Å². The van der Waals surface area contributed by atoms with Crippen molar-refractivity contribution in [1.82, 2.24) is 14.5 Å². The lowest BCUT2D eigenvalue weighted by atomic mass is 9.99. The fourth-order valence-corrected chi connectivity index (χ4v) is 4.27. The van der Waals surface area contributed by atoms with E-state index in [0.717, 1.165) is 23.2 Å². The van der Waals surface area contributed by atoms with Gasteiger partial charge in [0, 0.05) is 11.6 Å². The Kier molecular flexibility index (Phi) is 4.41. The highest BCUT2D eigenvalue weighted by molar-refractivity contribution is 5.78. The lowest BCUT2D eigenvalue weighted by Gasteiger charge is -2.27. The van der Waals surface area contributed by atoms with E-state index >= 15 is 0 Å². The number of aliphatic hydroxyl groups is 1. The van der Waals surface area contributed by atoms with Crippen LogP contribution in [0.2, 0.25) is 0 Å². The van der Waals surface area contributed by atoms with Crippen molar-refractivity contribution in [3.05, 3.63) is 59.7 Å². The van der Waals surface area contributed by atoms with E-state index in [4.69, 9.17) is 14.2 Å². The average molecular weight is 417 g/mol. The first-order chi connectivity index (χ1) is 14.2. The monoisotopic (exact) mass is 417 g/mol. The van der Waals surface area contributed by atoms with Crippen molar-refractivity contribution in [2.24, 2.45) is 0 Å². The highest BCUT2D eigenvalue weighted by atomic mass is 19.2. The van der Waals surface area contributed by atoms with Crippen molar-refractivity contribution < 1.29 is 28.1 Å². The maximum Gasteiger partial charge on any atom is 0.164 e. The van der Waals surface area contributed by atoms with Crippen molar-refractivity contribution in [3.63, 3.8) is 0 Å². The van der Waals surface area contributed by atoms with Gasteiger partial charge in [-0.15, -0.1) is 0 Å². The van der Waals surface area contributed by atoms with Crippen LogP contribution in [0.4, 0.5) is 8.78 Å². The highest BCUT2D eigenvalue weighted by Gasteiger charge is 2.58. The first-order valence-corrected chi connectivity index (χ1v) is 9.67. The van der Waals surface area contributed by atoms with Crippen LogP contribution in [0.15, 0.2) is 36.8 Å². The molecule has 0 aliphatic carbocycles. The second kappa shape index (κ2) is 6.78. The lowest BCUT2D eigenvalue weighted by Crippen LogP contribution is -2.34. The molecule has 2 saturated heterocycles. The molecule has 1 unspecified atom stereocenters. The Balaban J connectivity index is 1.54. The molecule has 0 amide bonds. The standard InChI is InChI=1S/C21H21F2N3O4/c1-10-12-6-7-26(19(12)25-9-24-10)20-18-17(29-21(2,3)30-18)16(28-20)15(27)11-4-5-13(22)14(23)8-11/h4-9,15-18,20,27H,1-3H3/t15?,16-,17-,18-,20-/m1/s1. The maximum atomic E-state index is 13.7. The molecular weight excluding hydrogens is 396 g/mol. The Hall–Kier alpha value is -2.46. The van der Waals surface area contributed by atoms with E-state index in [1.54, 1.807) is 13.8 Å². The summed E-state index contributed by atoms with van der Waals surface area (Å²) >= 11 is 0. The Labute approximate surface area is 171 Å².